The molecule has 0 bridgehead atoms. The fourth-order valence-electron chi connectivity index (χ4n) is 4.54. The molecule has 0 unspecified atom stereocenters. The maximum atomic E-state index is 5.70. The summed E-state index contributed by atoms with van der Waals surface area (Å²) in [6, 6.07) is 21.7. The van der Waals surface area contributed by atoms with E-state index in [0.29, 0.717) is 0 Å². The van der Waals surface area contributed by atoms with Gasteiger partial charge in [-0.1, -0.05) is 45.0 Å². The molecule has 3 aromatic heterocycles. The molecule has 3 aromatic carbocycles. The summed E-state index contributed by atoms with van der Waals surface area (Å²) >= 11 is 1.82. The lowest BCUT2D eigenvalue weighted by molar-refractivity contribution is 0.596. The lowest BCUT2D eigenvalue weighted by Crippen LogP contribution is -2.12. The van der Waals surface area contributed by atoms with Gasteiger partial charge in [0.1, 0.15) is 5.58 Å². The Labute approximate surface area is 178 Å². The van der Waals surface area contributed by atoms with Crippen molar-refractivity contribution in [2.75, 3.05) is 0 Å². The summed E-state index contributed by atoms with van der Waals surface area (Å²) in [5.74, 6) is 0. The van der Waals surface area contributed by atoms with Crippen molar-refractivity contribution in [1.82, 2.24) is 4.98 Å². The zero-order valence-electron chi connectivity index (χ0n) is 17.2. The van der Waals surface area contributed by atoms with E-state index >= 15 is 0 Å². The minimum absolute atomic E-state index is 0.0397. The first kappa shape index (κ1) is 17.7. The Morgan fingerprint density at radius 1 is 0.833 bits per heavy atom. The number of nitrogens with zero attached hydrogens (tertiary/aromatic N) is 1. The molecule has 0 spiro atoms. The molecule has 0 saturated carbocycles. The van der Waals surface area contributed by atoms with Crippen molar-refractivity contribution in [3.8, 4) is 11.3 Å². The van der Waals surface area contributed by atoms with Crippen LogP contribution in [-0.2, 0) is 5.41 Å². The zero-order chi connectivity index (χ0) is 20.5. The molecule has 6 aromatic rings. The molecule has 0 aliphatic heterocycles. The minimum Gasteiger partial charge on any atom is -0.464 e. The second-order valence-electron chi connectivity index (χ2n) is 8.90. The first-order chi connectivity index (χ1) is 14.5. The summed E-state index contributed by atoms with van der Waals surface area (Å²) in [5.41, 5.74) is 4.53. The maximum absolute atomic E-state index is 5.70. The molecule has 3 heterocycles. The molecule has 0 saturated heterocycles. The molecule has 2 nitrogen and oxygen atoms in total. The summed E-state index contributed by atoms with van der Waals surface area (Å²) in [4.78, 5) is 4.90. The number of furan rings is 1. The quantitative estimate of drug-likeness (QED) is 0.274. The number of hydrogen-bond donors (Lipinski definition) is 0. The van der Waals surface area contributed by atoms with Crippen molar-refractivity contribution in [3.63, 3.8) is 0 Å². The van der Waals surface area contributed by atoms with Gasteiger partial charge in [-0.3, -0.25) is 4.98 Å². The summed E-state index contributed by atoms with van der Waals surface area (Å²) < 4.78 is 8.22. The molecule has 30 heavy (non-hydrogen) atoms. The van der Waals surface area contributed by atoms with E-state index in [0.717, 1.165) is 16.7 Å². The van der Waals surface area contributed by atoms with Crippen LogP contribution in [0.3, 0.4) is 0 Å². The van der Waals surface area contributed by atoms with Crippen molar-refractivity contribution in [2.24, 2.45) is 0 Å². The van der Waals surface area contributed by atoms with E-state index in [9.17, 15) is 0 Å². The topological polar surface area (TPSA) is 26.0 Å². The normalized spacial score (nSPS) is 12.5. The Hall–Kier alpha value is -3.17. The number of rotatable bonds is 1. The van der Waals surface area contributed by atoms with Crippen LogP contribution in [0.2, 0.25) is 0 Å². The second-order valence-corrected chi connectivity index (χ2v) is 9.98. The van der Waals surface area contributed by atoms with Crippen molar-refractivity contribution >= 4 is 53.3 Å². The maximum Gasteiger partial charge on any atom is 0.134 e. The zero-order valence-corrected chi connectivity index (χ0v) is 18.0. The van der Waals surface area contributed by atoms with Gasteiger partial charge in [-0.25, -0.2) is 0 Å². The Morgan fingerprint density at radius 3 is 2.53 bits per heavy atom. The average Bonchev–Trinajstić information content (AvgIpc) is 3.35. The third-order valence-electron chi connectivity index (χ3n) is 5.92. The molecule has 6 rings (SSSR count). The first-order valence-electron chi connectivity index (χ1n) is 10.2. The third kappa shape index (κ3) is 2.52. The van der Waals surface area contributed by atoms with Crippen LogP contribution in [0.5, 0.6) is 0 Å². The van der Waals surface area contributed by atoms with Crippen LogP contribution in [0.4, 0.5) is 0 Å². The van der Waals surface area contributed by atoms with Gasteiger partial charge in [-0.05, 0) is 58.1 Å². The molecule has 3 heteroatoms. The Kier molecular flexibility index (Phi) is 3.63. The number of fused-ring (bicyclic) bond motifs is 6. The third-order valence-corrected chi connectivity index (χ3v) is 7.04. The number of hydrogen-bond acceptors (Lipinski definition) is 3. The standard InChI is InChI=1S/C27H21NOS/c1-27(2,3)20-15-17(14-16-6-4-5-7-18(16)20)26-25-23(10-12-28-26)30-22-9-8-21-19(24(22)25)11-13-29-21/h4-15H,1-3H3. The second kappa shape index (κ2) is 6.16. The SMILES string of the molecule is CC(C)(C)c1cc(-c2nccc3sc4ccc5occc5c4c23)cc2ccccc12. The van der Waals surface area contributed by atoms with Crippen LogP contribution in [0.1, 0.15) is 26.3 Å². The fraction of sp³-hybridized carbons (Fsp3) is 0.148. The molecule has 0 N–H and O–H groups in total. The highest BCUT2D eigenvalue weighted by Crippen LogP contribution is 2.43. The molecule has 146 valence electrons. The fourth-order valence-corrected chi connectivity index (χ4v) is 5.66. The van der Waals surface area contributed by atoms with Crippen molar-refractivity contribution in [3.05, 3.63) is 78.7 Å². The summed E-state index contributed by atoms with van der Waals surface area (Å²) in [5, 5.41) is 6.19. The van der Waals surface area contributed by atoms with Gasteiger partial charge in [0.2, 0.25) is 0 Å². The van der Waals surface area contributed by atoms with E-state index in [4.69, 9.17) is 9.40 Å². The number of thiophene rings is 1. The van der Waals surface area contributed by atoms with Gasteiger partial charge in [-0.15, -0.1) is 11.3 Å². The predicted molar refractivity (Wildman–Crippen MR) is 129 cm³/mol. The van der Waals surface area contributed by atoms with Gasteiger partial charge < -0.3 is 4.42 Å². The average molecular weight is 408 g/mol. The Morgan fingerprint density at radius 2 is 1.67 bits per heavy atom. The minimum atomic E-state index is 0.0397. The van der Waals surface area contributed by atoms with Gasteiger partial charge in [0.25, 0.3) is 0 Å². The van der Waals surface area contributed by atoms with Gasteiger partial charge >= 0.3 is 0 Å². The van der Waals surface area contributed by atoms with Crippen LogP contribution >= 0.6 is 11.3 Å². The lowest BCUT2D eigenvalue weighted by atomic mass is 9.82. The highest BCUT2D eigenvalue weighted by Gasteiger charge is 2.21. The summed E-state index contributed by atoms with van der Waals surface area (Å²) in [7, 11) is 0. The molecule has 0 amide bonds. The van der Waals surface area contributed by atoms with E-state index in [2.05, 4.69) is 81.4 Å². The summed E-state index contributed by atoms with van der Waals surface area (Å²) in [6.45, 7) is 6.84. The van der Waals surface area contributed by atoms with E-state index < -0.39 is 0 Å². The van der Waals surface area contributed by atoms with Gasteiger partial charge in [0, 0.05) is 37.3 Å². The largest absolute Gasteiger partial charge is 0.464 e. The molecule has 0 aliphatic carbocycles. The molecule has 0 fully saturated rings. The van der Waals surface area contributed by atoms with Crippen LogP contribution in [0.15, 0.2) is 77.5 Å². The Bertz CT molecular complexity index is 1580. The van der Waals surface area contributed by atoms with Crippen LogP contribution in [0.25, 0.3) is 53.2 Å². The van der Waals surface area contributed by atoms with E-state index in [-0.39, 0.29) is 5.41 Å². The van der Waals surface area contributed by atoms with E-state index in [1.54, 1.807) is 6.26 Å². The number of aromatic nitrogens is 1. The van der Waals surface area contributed by atoms with E-state index in [1.165, 1.54) is 42.1 Å². The Balaban J connectivity index is 1.76. The van der Waals surface area contributed by atoms with Crippen molar-refractivity contribution in [2.45, 2.75) is 26.2 Å². The highest BCUT2D eigenvalue weighted by atomic mass is 32.1. The molecule has 0 radical (unpaired) electrons. The molecule has 0 aliphatic rings. The first-order valence-corrected chi connectivity index (χ1v) is 11.0. The van der Waals surface area contributed by atoms with E-state index in [1.807, 2.05) is 17.5 Å². The van der Waals surface area contributed by atoms with Gasteiger partial charge in [0.15, 0.2) is 0 Å². The number of pyridine rings is 1. The molecule has 0 atom stereocenters. The highest BCUT2D eigenvalue weighted by molar-refractivity contribution is 7.26. The van der Waals surface area contributed by atoms with Crippen molar-refractivity contribution in [1.29, 1.82) is 0 Å². The van der Waals surface area contributed by atoms with Crippen molar-refractivity contribution < 1.29 is 4.42 Å². The van der Waals surface area contributed by atoms with Gasteiger partial charge in [0.05, 0.1) is 12.0 Å². The number of benzene rings is 3. The van der Waals surface area contributed by atoms with Gasteiger partial charge in [-0.2, -0.15) is 0 Å². The lowest BCUT2D eigenvalue weighted by Gasteiger charge is -2.23. The van der Waals surface area contributed by atoms with Crippen LogP contribution in [-0.4, -0.2) is 4.98 Å². The summed E-state index contributed by atoms with van der Waals surface area (Å²) in [6.07, 6.45) is 3.71. The van der Waals surface area contributed by atoms with Crippen LogP contribution < -0.4 is 0 Å². The molecular weight excluding hydrogens is 386 g/mol. The van der Waals surface area contributed by atoms with Crippen LogP contribution in [0, 0.1) is 0 Å². The monoisotopic (exact) mass is 407 g/mol. The smallest absolute Gasteiger partial charge is 0.134 e. The molecular formula is C27H21NOS. The predicted octanol–water partition coefficient (Wildman–Crippen LogP) is 8.31.